The van der Waals surface area contributed by atoms with Crippen LogP contribution in [0.5, 0.6) is 17.6 Å². The largest absolute Gasteiger partial charge is 0.494 e. The maximum atomic E-state index is 13.0. The Morgan fingerprint density at radius 1 is 1.21 bits per heavy atom. The molecular formula is C19H25N3O5S. The Hall–Kier alpha value is -2.39. The zero-order valence-electron chi connectivity index (χ0n) is 16.3. The summed E-state index contributed by atoms with van der Waals surface area (Å²) < 4.78 is 43.8. The molecule has 0 atom stereocenters. The number of benzene rings is 1. The number of aromatic nitrogens is 2. The molecule has 1 fully saturated rings. The van der Waals surface area contributed by atoms with Crippen molar-refractivity contribution in [2.75, 3.05) is 26.8 Å². The minimum atomic E-state index is -3.55. The topological polar surface area (TPSA) is 90.9 Å². The molecule has 0 N–H and O–H groups in total. The van der Waals surface area contributed by atoms with Crippen molar-refractivity contribution in [3.8, 4) is 17.6 Å². The van der Waals surface area contributed by atoms with E-state index in [9.17, 15) is 8.42 Å². The number of methoxy groups -OCH3 is 1. The molecule has 1 saturated heterocycles. The fourth-order valence-corrected chi connectivity index (χ4v) is 4.65. The van der Waals surface area contributed by atoms with Gasteiger partial charge in [-0.15, -0.1) is 0 Å². The molecule has 0 aliphatic carbocycles. The monoisotopic (exact) mass is 407 g/mol. The van der Waals surface area contributed by atoms with E-state index in [0.29, 0.717) is 44.2 Å². The number of sulfonamides is 1. The third-order valence-corrected chi connectivity index (χ3v) is 6.46. The molecule has 1 aromatic heterocycles. The van der Waals surface area contributed by atoms with Crippen LogP contribution in [0.15, 0.2) is 35.4 Å². The second-order valence-electron chi connectivity index (χ2n) is 6.46. The molecule has 1 aromatic carbocycles. The van der Waals surface area contributed by atoms with Crippen molar-refractivity contribution in [3.63, 3.8) is 0 Å². The van der Waals surface area contributed by atoms with Gasteiger partial charge in [-0.05, 0) is 50.5 Å². The molecule has 152 valence electrons. The Bertz CT molecular complexity index is 912. The van der Waals surface area contributed by atoms with E-state index in [1.165, 1.54) is 11.4 Å². The minimum absolute atomic E-state index is 0.104. The van der Waals surface area contributed by atoms with E-state index in [1.807, 2.05) is 13.8 Å². The Morgan fingerprint density at radius 2 is 1.96 bits per heavy atom. The molecule has 9 heteroatoms. The third-order valence-electron chi connectivity index (χ3n) is 4.56. The standard InChI is InChI=1S/C19H25N3O5S/c1-4-26-17-6-5-16(13-14(17)2)28(23,24)22-11-8-15(9-12-22)27-18-7-10-20-19(21-18)25-3/h5-7,10,13,15H,4,8-9,11-12H2,1-3H3. The van der Waals surface area contributed by atoms with Gasteiger partial charge in [0.05, 0.1) is 18.6 Å². The Balaban J connectivity index is 1.64. The minimum Gasteiger partial charge on any atom is -0.494 e. The molecule has 2 heterocycles. The van der Waals surface area contributed by atoms with Crippen LogP contribution in [0, 0.1) is 6.92 Å². The number of piperidine rings is 1. The van der Waals surface area contributed by atoms with Crippen LogP contribution in [0.3, 0.4) is 0 Å². The van der Waals surface area contributed by atoms with Crippen molar-refractivity contribution < 1.29 is 22.6 Å². The third kappa shape index (κ3) is 4.53. The van der Waals surface area contributed by atoms with Gasteiger partial charge in [0.2, 0.25) is 15.9 Å². The Morgan fingerprint density at radius 3 is 2.61 bits per heavy atom. The first kappa shape index (κ1) is 20.3. The lowest BCUT2D eigenvalue weighted by Crippen LogP contribution is -2.41. The van der Waals surface area contributed by atoms with Gasteiger partial charge in [-0.3, -0.25) is 0 Å². The summed E-state index contributed by atoms with van der Waals surface area (Å²) in [6.45, 7) is 5.07. The van der Waals surface area contributed by atoms with Crippen LogP contribution < -0.4 is 14.2 Å². The summed E-state index contributed by atoms with van der Waals surface area (Å²) >= 11 is 0. The summed E-state index contributed by atoms with van der Waals surface area (Å²) in [6.07, 6.45) is 2.63. The maximum absolute atomic E-state index is 13.0. The summed E-state index contributed by atoms with van der Waals surface area (Å²) in [5.74, 6) is 1.13. The predicted octanol–water partition coefficient (Wildman–Crippen LogP) is 2.42. The number of rotatable bonds is 7. The molecule has 0 saturated carbocycles. The molecule has 1 aliphatic heterocycles. The van der Waals surface area contributed by atoms with Gasteiger partial charge in [-0.2, -0.15) is 9.29 Å². The number of aryl methyl sites for hydroxylation is 1. The van der Waals surface area contributed by atoms with E-state index in [0.717, 1.165) is 5.56 Å². The lowest BCUT2D eigenvalue weighted by molar-refractivity contribution is 0.128. The van der Waals surface area contributed by atoms with Crippen LogP contribution in [0.2, 0.25) is 0 Å². The summed E-state index contributed by atoms with van der Waals surface area (Å²) in [4.78, 5) is 8.36. The van der Waals surface area contributed by atoms with E-state index < -0.39 is 10.0 Å². The molecule has 0 unspecified atom stereocenters. The summed E-state index contributed by atoms with van der Waals surface area (Å²) in [5.41, 5.74) is 0.804. The highest BCUT2D eigenvalue weighted by Crippen LogP contribution is 2.27. The van der Waals surface area contributed by atoms with E-state index in [-0.39, 0.29) is 17.0 Å². The number of nitrogens with zero attached hydrogens (tertiary/aromatic N) is 3. The molecule has 28 heavy (non-hydrogen) atoms. The first-order chi connectivity index (χ1) is 13.4. The van der Waals surface area contributed by atoms with Crippen molar-refractivity contribution >= 4 is 10.0 Å². The average molecular weight is 407 g/mol. The van der Waals surface area contributed by atoms with E-state index in [4.69, 9.17) is 14.2 Å². The second-order valence-corrected chi connectivity index (χ2v) is 8.40. The Labute approximate surface area is 165 Å². The van der Waals surface area contributed by atoms with Crippen LogP contribution in [0.1, 0.15) is 25.3 Å². The van der Waals surface area contributed by atoms with Crippen LogP contribution in [-0.4, -0.2) is 55.6 Å². The summed E-state index contributed by atoms with van der Waals surface area (Å²) in [7, 11) is -2.06. The molecule has 0 bridgehead atoms. The van der Waals surface area contributed by atoms with Crippen molar-refractivity contribution in [1.29, 1.82) is 0 Å². The van der Waals surface area contributed by atoms with Gasteiger partial charge in [0.25, 0.3) is 0 Å². The molecule has 0 radical (unpaired) electrons. The van der Waals surface area contributed by atoms with Crippen molar-refractivity contribution in [2.45, 2.75) is 37.7 Å². The van der Waals surface area contributed by atoms with Crippen LogP contribution in [0.4, 0.5) is 0 Å². The highest BCUT2D eigenvalue weighted by Gasteiger charge is 2.30. The fraction of sp³-hybridized carbons (Fsp3) is 0.474. The zero-order valence-corrected chi connectivity index (χ0v) is 17.1. The van der Waals surface area contributed by atoms with Gasteiger partial charge >= 0.3 is 6.01 Å². The smallest absolute Gasteiger partial charge is 0.319 e. The molecular weight excluding hydrogens is 382 g/mol. The van der Waals surface area contributed by atoms with Crippen molar-refractivity contribution in [3.05, 3.63) is 36.0 Å². The lowest BCUT2D eigenvalue weighted by atomic mass is 10.1. The second kappa shape index (κ2) is 8.74. The maximum Gasteiger partial charge on any atom is 0.319 e. The zero-order chi connectivity index (χ0) is 20.1. The van der Waals surface area contributed by atoms with Crippen LogP contribution in [0.25, 0.3) is 0 Å². The van der Waals surface area contributed by atoms with Gasteiger partial charge in [0.1, 0.15) is 11.9 Å². The highest BCUT2D eigenvalue weighted by atomic mass is 32.2. The molecule has 2 aromatic rings. The van der Waals surface area contributed by atoms with Crippen molar-refractivity contribution in [2.24, 2.45) is 0 Å². The number of hydrogen-bond donors (Lipinski definition) is 0. The molecule has 1 aliphatic rings. The predicted molar refractivity (Wildman–Crippen MR) is 103 cm³/mol. The first-order valence-corrected chi connectivity index (χ1v) is 10.7. The fourth-order valence-electron chi connectivity index (χ4n) is 3.10. The SMILES string of the molecule is CCOc1ccc(S(=O)(=O)N2CCC(Oc3ccnc(OC)n3)CC2)cc1C. The number of hydrogen-bond acceptors (Lipinski definition) is 7. The lowest BCUT2D eigenvalue weighted by Gasteiger charge is -2.31. The van der Waals surface area contributed by atoms with Gasteiger partial charge in [0.15, 0.2) is 0 Å². The van der Waals surface area contributed by atoms with Crippen LogP contribution >= 0.6 is 0 Å². The van der Waals surface area contributed by atoms with E-state index in [1.54, 1.807) is 30.5 Å². The normalized spacial score (nSPS) is 16.0. The average Bonchev–Trinajstić information content (AvgIpc) is 2.70. The quantitative estimate of drug-likeness (QED) is 0.696. The summed E-state index contributed by atoms with van der Waals surface area (Å²) in [5, 5.41) is 0. The first-order valence-electron chi connectivity index (χ1n) is 9.21. The van der Waals surface area contributed by atoms with E-state index in [2.05, 4.69) is 9.97 Å². The summed E-state index contributed by atoms with van der Waals surface area (Å²) in [6, 6.07) is 6.88. The van der Waals surface area contributed by atoms with E-state index >= 15 is 0 Å². The molecule has 8 nitrogen and oxygen atoms in total. The number of ether oxygens (including phenoxy) is 3. The Kier molecular flexibility index (Phi) is 6.35. The van der Waals surface area contributed by atoms with Gasteiger partial charge in [-0.1, -0.05) is 0 Å². The molecule has 3 rings (SSSR count). The highest BCUT2D eigenvalue weighted by molar-refractivity contribution is 7.89. The van der Waals surface area contributed by atoms with Gasteiger partial charge < -0.3 is 14.2 Å². The van der Waals surface area contributed by atoms with Gasteiger partial charge in [-0.25, -0.2) is 13.4 Å². The van der Waals surface area contributed by atoms with Crippen molar-refractivity contribution in [1.82, 2.24) is 14.3 Å². The van der Waals surface area contributed by atoms with Gasteiger partial charge in [0, 0.05) is 25.4 Å². The van der Waals surface area contributed by atoms with Crippen LogP contribution in [-0.2, 0) is 10.0 Å². The molecule has 0 spiro atoms. The molecule has 0 amide bonds.